The first-order chi connectivity index (χ1) is 9.88. The van der Waals surface area contributed by atoms with E-state index in [9.17, 15) is 8.78 Å². The molecule has 0 saturated carbocycles. The Kier molecular flexibility index (Phi) is 4.96. The molecular weight excluding hydrogens is 292 g/mol. The van der Waals surface area contributed by atoms with E-state index in [1.807, 2.05) is 13.8 Å². The fourth-order valence-corrected chi connectivity index (χ4v) is 2.24. The van der Waals surface area contributed by atoms with Gasteiger partial charge in [0.05, 0.1) is 0 Å². The van der Waals surface area contributed by atoms with Gasteiger partial charge in [-0.15, -0.1) is 0 Å². The molecule has 0 amide bonds. The highest BCUT2D eigenvalue weighted by molar-refractivity contribution is 6.31. The summed E-state index contributed by atoms with van der Waals surface area (Å²) in [5.74, 6) is -0.845. The molecule has 0 radical (unpaired) electrons. The van der Waals surface area contributed by atoms with Crippen LogP contribution in [-0.4, -0.2) is 6.04 Å². The molecule has 2 aromatic carbocycles. The summed E-state index contributed by atoms with van der Waals surface area (Å²) in [7, 11) is 0. The first kappa shape index (κ1) is 15.9. The van der Waals surface area contributed by atoms with Crippen molar-refractivity contribution in [3.8, 4) is 11.1 Å². The van der Waals surface area contributed by atoms with Gasteiger partial charge < -0.3 is 5.32 Å². The maximum absolute atomic E-state index is 14.0. The molecule has 1 nitrogen and oxygen atoms in total. The highest BCUT2D eigenvalue weighted by Crippen LogP contribution is 2.29. The van der Waals surface area contributed by atoms with E-state index in [2.05, 4.69) is 5.32 Å². The summed E-state index contributed by atoms with van der Waals surface area (Å²) in [5.41, 5.74) is 2.03. The molecule has 0 aromatic heterocycles. The molecule has 112 valence electrons. The van der Waals surface area contributed by atoms with Gasteiger partial charge in [-0.25, -0.2) is 8.78 Å². The topological polar surface area (TPSA) is 12.0 Å². The van der Waals surface area contributed by atoms with Crippen LogP contribution in [0.5, 0.6) is 0 Å². The molecule has 0 spiro atoms. The second kappa shape index (κ2) is 6.54. The predicted octanol–water partition coefficient (Wildman–Crippen LogP) is 5.09. The van der Waals surface area contributed by atoms with Crippen LogP contribution in [0.2, 0.25) is 5.02 Å². The molecule has 0 bridgehead atoms. The second-order valence-corrected chi connectivity index (χ2v) is 5.83. The molecular formula is C17H18ClF2N. The van der Waals surface area contributed by atoms with Crippen LogP contribution in [0.3, 0.4) is 0 Å². The van der Waals surface area contributed by atoms with Gasteiger partial charge in [0.25, 0.3) is 0 Å². The van der Waals surface area contributed by atoms with Crippen molar-refractivity contribution in [2.45, 2.75) is 33.4 Å². The maximum atomic E-state index is 14.0. The van der Waals surface area contributed by atoms with Gasteiger partial charge in [-0.1, -0.05) is 31.5 Å². The SMILES string of the molecule is Cc1cc(F)c(-c2ccc(Cl)c(CNC(C)C)c2)cc1F. The summed E-state index contributed by atoms with van der Waals surface area (Å²) < 4.78 is 27.7. The molecule has 0 heterocycles. The van der Waals surface area contributed by atoms with Crippen LogP contribution in [0.15, 0.2) is 30.3 Å². The lowest BCUT2D eigenvalue weighted by atomic mass is 10.0. The van der Waals surface area contributed by atoms with Crippen molar-refractivity contribution in [1.29, 1.82) is 0 Å². The molecule has 0 aliphatic rings. The number of benzene rings is 2. The monoisotopic (exact) mass is 309 g/mol. The summed E-state index contributed by atoms with van der Waals surface area (Å²) in [6, 6.07) is 7.97. The van der Waals surface area contributed by atoms with E-state index in [0.717, 1.165) is 5.56 Å². The Labute approximate surface area is 128 Å². The van der Waals surface area contributed by atoms with Crippen LogP contribution >= 0.6 is 11.6 Å². The molecule has 0 unspecified atom stereocenters. The first-order valence-corrected chi connectivity index (χ1v) is 7.24. The summed E-state index contributed by atoms with van der Waals surface area (Å²) in [4.78, 5) is 0. The van der Waals surface area contributed by atoms with Crippen molar-refractivity contribution in [1.82, 2.24) is 5.32 Å². The minimum Gasteiger partial charge on any atom is -0.310 e. The molecule has 4 heteroatoms. The predicted molar refractivity (Wildman–Crippen MR) is 83.5 cm³/mol. The molecule has 2 rings (SSSR count). The van der Waals surface area contributed by atoms with Gasteiger partial charge in [-0.3, -0.25) is 0 Å². The normalized spacial score (nSPS) is 11.2. The van der Waals surface area contributed by atoms with Crippen molar-refractivity contribution in [2.75, 3.05) is 0 Å². The van der Waals surface area contributed by atoms with Crippen LogP contribution in [0.25, 0.3) is 11.1 Å². The van der Waals surface area contributed by atoms with Gasteiger partial charge >= 0.3 is 0 Å². The van der Waals surface area contributed by atoms with Gasteiger partial charge in [-0.05, 0) is 47.9 Å². The Balaban J connectivity index is 2.41. The van der Waals surface area contributed by atoms with E-state index in [1.165, 1.54) is 12.1 Å². The van der Waals surface area contributed by atoms with E-state index in [-0.39, 0.29) is 5.56 Å². The summed E-state index contributed by atoms with van der Waals surface area (Å²) in [6.07, 6.45) is 0. The molecule has 0 fully saturated rings. The van der Waals surface area contributed by atoms with Gasteiger partial charge in [0.2, 0.25) is 0 Å². The molecule has 0 aliphatic carbocycles. The van der Waals surface area contributed by atoms with E-state index in [4.69, 9.17) is 11.6 Å². The van der Waals surface area contributed by atoms with Crippen LogP contribution in [-0.2, 0) is 6.54 Å². The zero-order valence-corrected chi connectivity index (χ0v) is 13.1. The Morgan fingerprint density at radius 2 is 1.81 bits per heavy atom. The third kappa shape index (κ3) is 3.80. The van der Waals surface area contributed by atoms with Gasteiger partial charge in [0.1, 0.15) is 11.6 Å². The number of halogens is 3. The van der Waals surface area contributed by atoms with E-state index >= 15 is 0 Å². The Hall–Kier alpha value is -1.45. The lowest BCUT2D eigenvalue weighted by molar-refractivity contribution is 0.588. The number of hydrogen-bond donors (Lipinski definition) is 1. The Morgan fingerprint density at radius 1 is 1.10 bits per heavy atom. The molecule has 2 aromatic rings. The van der Waals surface area contributed by atoms with E-state index in [0.29, 0.717) is 28.7 Å². The molecule has 1 N–H and O–H groups in total. The number of hydrogen-bond acceptors (Lipinski definition) is 1. The van der Waals surface area contributed by atoms with Crippen molar-refractivity contribution < 1.29 is 8.78 Å². The molecule has 0 atom stereocenters. The molecule has 0 saturated heterocycles. The van der Waals surface area contributed by atoms with Crippen LogP contribution < -0.4 is 5.32 Å². The molecule has 21 heavy (non-hydrogen) atoms. The maximum Gasteiger partial charge on any atom is 0.131 e. The van der Waals surface area contributed by atoms with Crippen LogP contribution in [0.4, 0.5) is 8.78 Å². The average molecular weight is 310 g/mol. The fourth-order valence-electron chi connectivity index (χ4n) is 2.06. The van der Waals surface area contributed by atoms with Crippen molar-refractivity contribution in [2.24, 2.45) is 0 Å². The lowest BCUT2D eigenvalue weighted by Crippen LogP contribution is -2.22. The van der Waals surface area contributed by atoms with Crippen molar-refractivity contribution in [3.63, 3.8) is 0 Å². The third-order valence-electron chi connectivity index (χ3n) is 3.31. The zero-order valence-electron chi connectivity index (χ0n) is 12.3. The Bertz CT molecular complexity index is 653. The fraction of sp³-hybridized carbons (Fsp3) is 0.294. The number of nitrogens with one attached hydrogen (secondary N) is 1. The standard InChI is InChI=1S/C17H18ClF2N/c1-10(2)21-9-13-7-12(4-5-15(13)18)14-8-16(19)11(3)6-17(14)20/h4-8,10,21H,9H2,1-3H3. The smallest absolute Gasteiger partial charge is 0.131 e. The molecule has 0 aliphatic heterocycles. The largest absolute Gasteiger partial charge is 0.310 e. The first-order valence-electron chi connectivity index (χ1n) is 6.86. The van der Waals surface area contributed by atoms with E-state index in [1.54, 1.807) is 25.1 Å². The second-order valence-electron chi connectivity index (χ2n) is 5.42. The minimum absolute atomic E-state index is 0.251. The average Bonchev–Trinajstić information content (AvgIpc) is 2.42. The number of rotatable bonds is 4. The van der Waals surface area contributed by atoms with E-state index < -0.39 is 11.6 Å². The van der Waals surface area contributed by atoms with Crippen molar-refractivity contribution in [3.05, 3.63) is 58.1 Å². The third-order valence-corrected chi connectivity index (χ3v) is 3.67. The summed E-state index contributed by atoms with van der Waals surface area (Å²) >= 11 is 6.16. The quantitative estimate of drug-likeness (QED) is 0.829. The van der Waals surface area contributed by atoms with Gasteiger partial charge in [0, 0.05) is 23.2 Å². The van der Waals surface area contributed by atoms with Crippen LogP contribution in [0, 0.1) is 18.6 Å². The highest BCUT2D eigenvalue weighted by Gasteiger charge is 2.11. The Morgan fingerprint density at radius 3 is 2.48 bits per heavy atom. The van der Waals surface area contributed by atoms with Crippen molar-refractivity contribution >= 4 is 11.6 Å². The van der Waals surface area contributed by atoms with Gasteiger partial charge in [0.15, 0.2) is 0 Å². The lowest BCUT2D eigenvalue weighted by Gasteiger charge is -2.12. The summed E-state index contributed by atoms with van der Waals surface area (Å²) in [6.45, 7) is 6.20. The van der Waals surface area contributed by atoms with Crippen LogP contribution in [0.1, 0.15) is 25.0 Å². The minimum atomic E-state index is -0.431. The zero-order chi connectivity index (χ0) is 15.6. The highest BCUT2D eigenvalue weighted by atomic mass is 35.5. The van der Waals surface area contributed by atoms with Gasteiger partial charge in [-0.2, -0.15) is 0 Å². The number of aryl methyl sites for hydroxylation is 1. The summed E-state index contributed by atoms with van der Waals surface area (Å²) in [5, 5.41) is 3.88.